The minimum absolute atomic E-state index is 0.00884. The summed E-state index contributed by atoms with van der Waals surface area (Å²) in [5, 5.41) is 4.92. The number of aromatic nitrogens is 3. The van der Waals surface area contributed by atoms with Crippen molar-refractivity contribution in [1.82, 2.24) is 19.1 Å². The average molecular weight is 357 g/mol. The van der Waals surface area contributed by atoms with E-state index < -0.39 is 0 Å². The number of amides is 1. The lowest BCUT2D eigenvalue weighted by Crippen LogP contribution is -2.39. The smallest absolute Gasteiger partial charge is 0.274 e. The standard InChI is InChI=1S/C18H17ClN4O2/c1-11-15-5-7-22(12(2)24)17(15)6-8-21(11)18(25)16-9-14-4-3-13(19)10-23(14)20-16/h3-5,7,9-11H,6,8H2,1-2H3. The van der Waals surface area contributed by atoms with Crippen LogP contribution in [0.4, 0.5) is 0 Å². The first-order valence-corrected chi connectivity index (χ1v) is 8.50. The van der Waals surface area contributed by atoms with Gasteiger partial charge in [-0.3, -0.25) is 14.2 Å². The summed E-state index contributed by atoms with van der Waals surface area (Å²) < 4.78 is 3.28. The molecule has 3 aromatic heterocycles. The summed E-state index contributed by atoms with van der Waals surface area (Å²) in [4.78, 5) is 26.5. The van der Waals surface area contributed by atoms with Gasteiger partial charge in [0.15, 0.2) is 5.69 Å². The van der Waals surface area contributed by atoms with Gasteiger partial charge in [0.25, 0.3) is 5.91 Å². The number of carbonyl (C=O) groups excluding carboxylic acids is 2. The summed E-state index contributed by atoms with van der Waals surface area (Å²) in [6.45, 7) is 4.08. The third-order valence-electron chi connectivity index (χ3n) is 4.78. The molecule has 1 unspecified atom stereocenters. The lowest BCUT2D eigenvalue weighted by atomic mass is 9.99. The fourth-order valence-corrected chi connectivity index (χ4v) is 3.65. The van der Waals surface area contributed by atoms with Gasteiger partial charge in [0.1, 0.15) is 0 Å². The molecule has 6 nitrogen and oxygen atoms in total. The second-order valence-corrected chi connectivity index (χ2v) is 6.71. The zero-order valence-electron chi connectivity index (χ0n) is 13.9. The minimum Gasteiger partial charge on any atom is -0.330 e. The molecule has 0 bridgehead atoms. The van der Waals surface area contributed by atoms with E-state index in [0.717, 1.165) is 16.8 Å². The molecule has 1 aliphatic heterocycles. The van der Waals surface area contributed by atoms with E-state index in [2.05, 4.69) is 5.10 Å². The van der Waals surface area contributed by atoms with Crippen molar-refractivity contribution in [3.63, 3.8) is 0 Å². The Morgan fingerprint density at radius 2 is 2.08 bits per heavy atom. The maximum atomic E-state index is 13.0. The SMILES string of the molecule is CC(=O)n1ccc2c1CCN(C(=O)c1cc3ccc(Cl)cn3n1)C2C. The van der Waals surface area contributed by atoms with Crippen molar-refractivity contribution in [1.29, 1.82) is 0 Å². The molecule has 0 fully saturated rings. The van der Waals surface area contributed by atoms with E-state index in [-0.39, 0.29) is 17.9 Å². The molecule has 0 saturated carbocycles. The Kier molecular flexibility index (Phi) is 3.65. The number of halogens is 1. The summed E-state index contributed by atoms with van der Waals surface area (Å²) >= 11 is 5.98. The van der Waals surface area contributed by atoms with Crippen LogP contribution in [0.2, 0.25) is 5.02 Å². The van der Waals surface area contributed by atoms with E-state index in [1.54, 1.807) is 45.4 Å². The average Bonchev–Trinajstić information content (AvgIpc) is 3.18. The van der Waals surface area contributed by atoms with Crippen LogP contribution in [-0.2, 0) is 6.42 Å². The van der Waals surface area contributed by atoms with Gasteiger partial charge in [-0.25, -0.2) is 4.52 Å². The van der Waals surface area contributed by atoms with Gasteiger partial charge in [-0.05, 0) is 36.8 Å². The number of pyridine rings is 1. The van der Waals surface area contributed by atoms with Gasteiger partial charge < -0.3 is 4.90 Å². The fraction of sp³-hybridized carbons (Fsp3) is 0.278. The highest BCUT2D eigenvalue weighted by Crippen LogP contribution is 2.31. The van der Waals surface area contributed by atoms with Gasteiger partial charge in [-0.1, -0.05) is 11.6 Å². The Morgan fingerprint density at radius 3 is 2.84 bits per heavy atom. The molecule has 0 N–H and O–H groups in total. The van der Waals surface area contributed by atoms with Gasteiger partial charge in [0.2, 0.25) is 5.91 Å². The molecule has 25 heavy (non-hydrogen) atoms. The number of hydrogen-bond donors (Lipinski definition) is 0. The van der Waals surface area contributed by atoms with E-state index in [4.69, 9.17) is 11.6 Å². The molecule has 7 heteroatoms. The third kappa shape index (κ3) is 2.53. The van der Waals surface area contributed by atoms with Gasteiger partial charge in [-0.2, -0.15) is 5.10 Å². The highest BCUT2D eigenvalue weighted by molar-refractivity contribution is 6.30. The van der Waals surface area contributed by atoms with Crippen LogP contribution in [0.25, 0.3) is 5.52 Å². The first-order valence-electron chi connectivity index (χ1n) is 8.12. The van der Waals surface area contributed by atoms with E-state index in [1.807, 2.05) is 19.1 Å². The Bertz CT molecular complexity index is 1000. The summed E-state index contributed by atoms with van der Waals surface area (Å²) in [6.07, 6.45) is 4.11. The lowest BCUT2D eigenvalue weighted by molar-refractivity contribution is 0.0669. The molecule has 0 saturated heterocycles. The summed E-state index contributed by atoms with van der Waals surface area (Å²) in [6, 6.07) is 7.18. The number of fused-ring (bicyclic) bond motifs is 2. The summed E-state index contributed by atoms with van der Waals surface area (Å²) in [7, 11) is 0. The summed E-state index contributed by atoms with van der Waals surface area (Å²) in [5.41, 5.74) is 3.22. The molecular formula is C18H17ClN4O2. The van der Waals surface area contributed by atoms with Crippen LogP contribution in [-0.4, -0.2) is 37.4 Å². The van der Waals surface area contributed by atoms with Crippen LogP contribution >= 0.6 is 11.6 Å². The van der Waals surface area contributed by atoms with Crippen molar-refractivity contribution in [2.24, 2.45) is 0 Å². The molecule has 1 aliphatic rings. The molecule has 3 aromatic rings. The monoisotopic (exact) mass is 356 g/mol. The maximum Gasteiger partial charge on any atom is 0.274 e. The van der Waals surface area contributed by atoms with E-state index in [1.165, 1.54) is 0 Å². The normalized spacial score (nSPS) is 16.9. The molecular weight excluding hydrogens is 340 g/mol. The second kappa shape index (κ2) is 5.74. The largest absolute Gasteiger partial charge is 0.330 e. The van der Waals surface area contributed by atoms with Crippen molar-refractivity contribution >= 4 is 28.9 Å². The molecule has 128 valence electrons. The Balaban J connectivity index is 1.66. The van der Waals surface area contributed by atoms with Gasteiger partial charge in [-0.15, -0.1) is 0 Å². The van der Waals surface area contributed by atoms with Gasteiger partial charge in [0.05, 0.1) is 16.6 Å². The minimum atomic E-state index is -0.117. The first-order chi connectivity index (χ1) is 12.0. The van der Waals surface area contributed by atoms with Crippen molar-refractivity contribution in [3.8, 4) is 0 Å². The quantitative estimate of drug-likeness (QED) is 0.672. The highest BCUT2D eigenvalue weighted by Gasteiger charge is 2.31. The Morgan fingerprint density at radius 1 is 1.28 bits per heavy atom. The summed E-state index contributed by atoms with van der Waals surface area (Å²) in [5.74, 6) is -0.126. The van der Waals surface area contributed by atoms with Crippen molar-refractivity contribution in [3.05, 3.63) is 58.6 Å². The van der Waals surface area contributed by atoms with Crippen LogP contribution in [0.3, 0.4) is 0 Å². The number of hydrogen-bond acceptors (Lipinski definition) is 3. The molecule has 0 radical (unpaired) electrons. The predicted octanol–water partition coefficient (Wildman–Crippen LogP) is 3.21. The molecule has 0 aliphatic carbocycles. The van der Waals surface area contributed by atoms with Gasteiger partial charge >= 0.3 is 0 Å². The Labute approximate surface area is 149 Å². The molecule has 1 atom stereocenters. The number of rotatable bonds is 1. The van der Waals surface area contributed by atoms with Crippen LogP contribution in [0, 0.1) is 0 Å². The van der Waals surface area contributed by atoms with E-state index in [9.17, 15) is 9.59 Å². The molecule has 4 heterocycles. The molecule has 4 rings (SSSR count). The number of nitrogens with zero attached hydrogens (tertiary/aromatic N) is 4. The van der Waals surface area contributed by atoms with E-state index in [0.29, 0.717) is 23.7 Å². The highest BCUT2D eigenvalue weighted by atomic mass is 35.5. The molecule has 0 spiro atoms. The van der Waals surface area contributed by atoms with Gasteiger partial charge in [0, 0.05) is 38.0 Å². The zero-order valence-corrected chi connectivity index (χ0v) is 14.7. The fourth-order valence-electron chi connectivity index (χ4n) is 3.50. The van der Waals surface area contributed by atoms with Crippen LogP contribution in [0.5, 0.6) is 0 Å². The predicted molar refractivity (Wildman–Crippen MR) is 94.1 cm³/mol. The van der Waals surface area contributed by atoms with Crippen LogP contribution in [0.1, 0.15) is 46.4 Å². The second-order valence-electron chi connectivity index (χ2n) is 6.28. The van der Waals surface area contributed by atoms with Crippen LogP contribution < -0.4 is 0 Å². The van der Waals surface area contributed by atoms with Crippen molar-refractivity contribution in [2.45, 2.75) is 26.3 Å². The topological polar surface area (TPSA) is 59.6 Å². The maximum absolute atomic E-state index is 13.0. The lowest BCUT2D eigenvalue weighted by Gasteiger charge is -2.33. The Hall–Kier alpha value is -2.60. The number of carbonyl (C=O) groups is 2. The van der Waals surface area contributed by atoms with E-state index >= 15 is 0 Å². The van der Waals surface area contributed by atoms with Crippen molar-refractivity contribution in [2.75, 3.05) is 6.54 Å². The molecule has 0 aromatic carbocycles. The van der Waals surface area contributed by atoms with Crippen molar-refractivity contribution < 1.29 is 9.59 Å². The zero-order chi connectivity index (χ0) is 17.7. The molecule has 1 amide bonds. The first kappa shape index (κ1) is 15.9. The third-order valence-corrected chi connectivity index (χ3v) is 5.00. The van der Waals surface area contributed by atoms with Crippen LogP contribution in [0.15, 0.2) is 36.7 Å².